The molecule has 2 heterocycles. The van der Waals surface area contributed by atoms with Gasteiger partial charge in [0.1, 0.15) is 0 Å². The van der Waals surface area contributed by atoms with Gasteiger partial charge < -0.3 is 10.2 Å². The van der Waals surface area contributed by atoms with E-state index in [4.69, 9.17) is 0 Å². The van der Waals surface area contributed by atoms with Crippen LogP contribution in [0.25, 0.3) is 0 Å². The number of nitrogens with one attached hydrogen (secondary N) is 1. The molecule has 1 aromatic rings. The Bertz CT molecular complexity index is 478. The third kappa shape index (κ3) is 2.47. The van der Waals surface area contributed by atoms with E-state index in [0.717, 1.165) is 38.0 Å². The van der Waals surface area contributed by atoms with Crippen molar-refractivity contribution in [3.05, 3.63) is 35.4 Å². The minimum Gasteiger partial charge on any atom is -0.339 e. The van der Waals surface area contributed by atoms with Crippen molar-refractivity contribution in [1.82, 2.24) is 10.2 Å². The van der Waals surface area contributed by atoms with Crippen LogP contribution in [0.4, 0.5) is 0 Å². The van der Waals surface area contributed by atoms with Crippen LogP contribution in [0.2, 0.25) is 0 Å². The van der Waals surface area contributed by atoms with E-state index >= 15 is 0 Å². The lowest BCUT2D eigenvalue weighted by molar-refractivity contribution is 0.0541. The van der Waals surface area contributed by atoms with Crippen molar-refractivity contribution in [2.24, 2.45) is 0 Å². The summed E-state index contributed by atoms with van der Waals surface area (Å²) < 4.78 is 0. The van der Waals surface area contributed by atoms with E-state index in [0.29, 0.717) is 11.5 Å². The van der Waals surface area contributed by atoms with E-state index in [1.54, 1.807) is 0 Å². The van der Waals surface area contributed by atoms with Gasteiger partial charge in [0.2, 0.25) is 0 Å². The largest absolute Gasteiger partial charge is 0.339 e. The van der Waals surface area contributed by atoms with Gasteiger partial charge in [-0.2, -0.15) is 0 Å². The zero-order valence-corrected chi connectivity index (χ0v) is 12.5. The van der Waals surface area contributed by atoms with Crippen LogP contribution in [0, 0.1) is 0 Å². The highest BCUT2D eigenvalue weighted by molar-refractivity contribution is 5.94. The zero-order chi connectivity index (χ0) is 14.2. The molecule has 0 atom stereocenters. The molecule has 0 saturated carbocycles. The molecule has 1 aromatic carbocycles. The van der Waals surface area contributed by atoms with Crippen molar-refractivity contribution < 1.29 is 4.79 Å². The minimum absolute atomic E-state index is 0.189. The van der Waals surface area contributed by atoms with Gasteiger partial charge in [0.25, 0.3) is 5.91 Å². The molecule has 1 amide bonds. The first-order valence-electron chi connectivity index (χ1n) is 7.74. The molecule has 0 radical (unpaired) electrons. The van der Waals surface area contributed by atoms with Gasteiger partial charge in [-0.1, -0.05) is 26.0 Å². The Morgan fingerprint density at radius 2 is 1.75 bits per heavy atom. The molecule has 0 bridgehead atoms. The zero-order valence-electron chi connectivity index (χ0n) is 12.5. The first-order chi connectivity index (χ1) is 9.60. The molecule has 1 N–H and O–H groups in total. The molecule has 1 spiro atoms. The maximum atomic E-state index is 12.5. The molecule has 2 saturated heterocycles. The average Bonchev–Trinajstić information content (AvgIpc) is 2.45. The number of hydrogen-bond acceptors (Lipinski definition) is 2. The summed E-state index contributed by atoms with van der Waals surface area (Å²) in [4.78, 5) is 14.5. The lowest BCUT2D eigenvalue weighted by atomic mass is 9.79. The van der Waals surface area contributed by atoms with Crippen LogP contribution < -0.4 is 5.32 Å². The summed E-state index contributed by atoms with van der Waals surface area (Å²) in [6.07, 6.45) is 3.48. The molecule has 2 aliphatic heterocycles. The Balaban J connectivity index is 1.64. The van der Waals surface area contributed by atoms with Gasteiger partial charge in [-0.3, -0.25) is 4.79 Å². The lowest BCUT2D eigenvalue weighted by Gasteiger charge is -2.48. The Morgan fingerprint density at radius 3 is 2.20 bits per heavy atom. The molecule has 0 aliphatic carbocycles. The van der Waals surface area contributed by atoms with Crippen molar-refractivity contribution in [3.63, 3.8) is 0 Å². The number of rotatable bonds is 2. The summed E-state index contributed by atoms with van der Waals surface area (Å²) in [5.74, 6) is 0.702. The van der Waals surface area contributed by atoms with Crippen LogP contribution in [0.1, 0.15) is 54.9 Å². The van der Waals surface area contributed by atoms with Crippen molar-refractivity contribution >= 4 is 5.91 Å². The molecule has 20 heavy (non-hydrogen) atoms. The van der Waals surface area contributed by atoms with Crippen molar-refractivity contribution in [2.45, 2.75) is 44.6 Å². The highest BCUT2D eigenvalue weighted by atomic mass is 16.2. The van der Waals surface area contributed by atoms with Gasteiger partial charge in [-0.15, -0.1) is 0 Å². The Labute approximate surface area is 121 Å². The van der Waals surface area contributed by atoms with Gasteiger partial charge in [-0.25, -0.2) is 0 Å². The second-order valence-electron chi connectivity index (χ2n) is 6.53. The summed E-state index contributed by atoms with van der Waals surface area (Å²) in [6, 6.07) is 8.11. The lowest BCUT2D eigenvalue weighted by Crippen LogP contribution is -2.62. The Morgan fingerprint density at radius 1 is 1.15 bits per heavy atom. The van der Waals surface area contributed by atoms with Crippen molar-refractivity contribution in [1.29, 1.82) is 0 Å². The molecular formula is C17H24N2O. The standard InChI is InChI=1S/C17H24N2O/c1-13(2)14-3-5-15(6-4-14)16(20)19-11-8-17(9-12-19)7-10-18-17/h3-6,13,18H,7-12H2,1-2H3. The topological polar surface area (TPSA) is 32.3 Å². The summed E-state index contributed by atoms with van der Waals surface area (Å²) in [6.45, 7) is 7.26. The molecule has 2 fully saturated rings. The van der Waals surface area contributed by atoms with Gasteiger partial charge >= 0.3 is 0 Å². The first kappa shape index (κ1) is 13.6. The molecule has 0 aromatic heterocycles. The fourth-order valence-corrected chi connectivity index (χ4v) is 3.24. The molecular weight excluding hydrogens is 248 g/mol. The molecule has 108 valence electrons. The second-order valence-corrected chi connectivity index (χ2v) is 6.53. The van der Waals surface area contributed by atoms with E-state index < -0.39 is 0 Å². The summed E-state index contributed by atoms with van der Waals surface area (Å²) in [5, 5.41) is 3.54. The van der Waals surface area contributed by atoms with Crippen molar-refractivity contribution in [2.75, 3.05) is 19.6 Å². The first-order valence-corrected chi connectivity index (χ1v) is 7.74. The van der Waals surface area contributed by atoms with Gasteiger partial charge in [0, 0.05) is 24.2 Å². The number of amides is 1. The SMILES string of the molecule is CC(C)c1ccc(C(=O)N2CCC3(CCN3)CC2)cc1. The molecule has 3 nitrogen and oxygen atoms in total. The molecule has 3 heteroatoms. The predicted octanol–water partition coefficient (Wildman–Crippen LogP) is 2.78. The maximum absolute atomic E-state index is 12.5. The van der Waals surface area contributed by atoms with Gasteiger partial charge in [-0.05, 0) is 49.4 Å². The summed E-state index contributed by atoms with van der Waals surface area (Å²) in [7, 11) is 0. The quantitative estimate of drug-likeness (QED) is 0.898. The van der Waals surface area contributed by atoms with Crippen LogP contribution in [-0.4, -0.2) is 36.0 Å². The number of nitrogens with zero attached hydrogens (tertiary/aromatic N) is 1. The van der Waals surface area contributed by atoms with Crippen LogP contribution in [-0.2, 0) is 0 Å². The highest BCUT2D eigenvalue weighted by Gasteiger charge is 2.40. The Kier molecular flexibility index (Phi) is 3.55. The smallest absolute Gasteiger partial charge is 0.253 e. The predicted molar refractivity (Wildman–Crippen MR) is 81.0 cm³/mol. The molecule has 0 unspecified atom stereocenters. The fourth-order valence-electron chi connectivity index (χ4n) is 3.24. The van der Waals surface area contributed by atoms with Crippen LogP contribution >= 0.6 is 0 Å². The summed E-state index contributed by atoms with van der Waals surface area (Å²) in [5.41, 5.74) is 2.47. The van der Waals surface area contributed by atoms with Gasteiger partial charge in [0.15, 0.2) is 0 Å². The number of benzene rings is 1. The normalized spacial score (nSPS) is 21.1. The molecule has 3 rings (SSSR count). The maximum Gasteiger partial charge on any atom is 0.253 e. The average molecular weight is 272 g/mol. The number of piperidine rings is 1. The van der Waals surface area contributed by atoms with Crippen LogP contribution in [0.3, 0.4) is 0 Å². The number of hydrogen-bond donors (Lipinski definition) is 1. The monoisotopic (exact) mass is 272 g/mol. The third-order valence-electron chi connectivity index (χ3n) is 4.94. The van der Waals surface area contributed by atoms with E-state index in [1.807, 2.05) is 17.0 Å². The fraction of sp³-hybridized carbons (Fsp3) is 0.588. The van der Waals surface area contributed by atoms with E-state index in [-0.39, 0.29) is 5.91 Å². The van der Waals surface area contributed by atoms with E-state index in [9.17, 15) is 4.79 Å². The number of likely N-dealkylation sites (tertiary alicyclic amines) is 1. The highest BCUT2D eigenvalue weighted by Crippen LogP contribution is 2.31. The number of carbonyl (C=O) groups is 1. The van der Waals surface area contributed by atoms with E-state index in [2.05, 4.69) is 31.3 Å². The minimum atomic E-state index is 0.189. The van der Waals surface area contributed by atoms with Gasteiger partial charge in [0.05, 0.1) is 0 Å². The second kappa shape index (κ2) is 5.21. The Hall–Kier alpha value is -1.35. The van der Waals surface area contributed by atoms with Crippen molar-refractivity contribution in [3.8, 4) is 0 Å². The third-order valence-corrected chi connectivity index (χ3v) is 4.94. The molecule has 2 aliphatic rings. The number of carbonyl (C=O) groups excluding carboxylic acids is 1. The summed E-state index contributed by atoms with van der Waals surface area (Å²) >= 11 is 0. The van der Waals surface area contributed by atoms with Crippen LogP contribution in [0.15, 0.2) is 24.3 Å². The van der Waals surface area contributed by atoms with E-state index in [1.165, 1.54) is 12.0 Å². The van der Waals surface area contributed by atoms with Crippen LogP contribution in [0.5, 0.6) is 0 Å².